The molecule has 1 fully saturated rings. The Labute approximate surface area is 122 Å². The van der Waals surface area contributed by atoms with Crippen molar-refractivity contribution in [2.45, 2.75) is 5.72 Å². The smallest absolute Gasteiger partial charge is 0.257 e. The molecule has 0 aliphatic carbocycles. The predicted molar refractivity (Wildman–Crippen MR) is 77.2 cm³/mol. The number of carbonyl (C=O) groups excluding carboxylic acids is 1. The molecular formula is C17H15NO3. The number of rotatable bonds is 2. The van der Waals surface area contributed by atoms with Gasteiger partial charge >= 0.3 is 0 Å². The molecule has 4 heteroatoms. The first kappa shape index (κ1) is 12.4. The molecule has 2 aliphatic heterocycles. The van der Waals surface area contributed by atoms with Gasteiger partial charge in [0.2, 0.25) is 0 Å². The second kappa shape index (κ2) is 4.33. The van der Waals surface area contributed by atoms with E-state index in [0.29, 0.717) is 18.7 Å². The molecule has 0 bridgehead atoms. The average molecular weight is 281 g/mol. The van der Waals surface area contributed by atoms with Crippen molar-refractivity contribution in [2.24, 2.45) is 0 Å². The number of carbonyl (C=O) groups is 1. The van der Waals surface area contributed by atoms with Crippen molar-refractivity contribution >= 4 is 5.91 Å². The Bertz CT molecular complexity index is 713. The molecule has 1 unspecified atom stereocenters. The summed E-state index contributed by atoms with van der Waals surface area (Å²) < 4.78 is 11.4. The molecule has 0 spiro atoms. The van der Waals surface area contributed by atoms with Crippen LogP contribution in [0.1, 0.15) is 21.5 Å². The Morgan fingerprint density at radius 1 is 1.19 bits per heavy atom. The van der Waals surface area contributed by atoms with Gasteiger partial charge in [-0.15, -0.1) is 0 Å². The molecule has 1 saturated heterocycles. The maximum absolute atomic E-state index is 12.7. The standard InChI is InChI=1S/C17H15NO3/c1-20-13-7-8-14-15(11-13)17(12-5-3-2-4-6-12)18(16(14)19)9-10-21-17/h2-8,11H,9-10H2,1H3. The number of hydrogen-bond acceptors (Lipinski definition) is 3. The van der Waals surface area contributed by atoms with Gasteiger partial charge in [0.25, 0.3) is 5.91 Å². The zero-order valence-corrected chi connectivity index (χ0v) is 11.7. The minimum Gasteiger partial charge on any atom is -0.497 e. The zero-order chi connectivity index (χ0) is 14.4. The lowest BCUT2D eigenvalue weighted by atomic mass is 9.94. The molecule has 2 heterocycles. The molecule has 0 saturated carbocycles. The molecule has 1 atom stereocenters. The Balaban J connectivity index is 2.00. The summed E-state index contributed by atoms with van der Waals surface area (Å²) in [6, 6.07) is 15.4. The SMILES string of the molecule is COc1ccc2c(c1)C1(c3ccccc3)OCCN1C2=O. The van der Waals surface area contributed by atoms with E-state index >= 15 is 0 Å². The molecule has 2 aliphatic rings. The molecule has 21 heavy (non-hydrogen) atoms. The second-order valence-electron chi connectivity index (χ2n) is 5.23. The lowest BCUT2D eigenvalue weighted by Gasteiger charge is -2.32. The second-order valence-corrected chi connectivity index (χ2v) is 5.23. The van der Waals surface area contributed by atoms with E-state index in [1.54, 1.807) is 7.11 Å². The van der Waals surface area contributed by atoms with Crippen LogP contribution in [0.25, 0.3) is 0 Å². The van der Waals surface area contributed by atoms with Gasteiger partial charge in [-0.05, 0) is 18.2 Å². The predicted octanol–water partition coefficient (Wildman–Crippen LogP) is 2.38. The third kappa shape index (κ3) is 1.51. The summed E-state index contributed by atoms with van der Waals surface area (Å²) in [7, 11) is 1.63. The highest BCUT2D eigenvalue weighted by molar-refractivity contribution is 6.01. The van der Waals surface area contributed by atoms with Gasteiger partial charge in [0, 0.05) is 23.2 Å². The van der Waals surface area contributed by atoms with Crippen molar-refractivity contribution in [3.63, 3.8) is 0 Å². The summed E-state index contributed by atoms with van der Waals surface area (Å²) in [5.74, 6) is 0.753. The fourth-order valence-corrected chi connectivity index (χ4v) is 3.31. The van der Waals surface area contributed by atoms with Crippen LogP contribution < -0.4 is 4.74 Å². The number of ether oxygens (including phenoxy) is 2. The van der Waals surface area contributed by atoms with Gasteiger partial charge in [-0.25, -0.2) is 0 Å². The van der Waals surface area contributed by atoms with Crippen LogP contribution in [0.15, 0.2) is 48.5 Å². The summed E-state index contributed by atoms with van der Waals surface area (Å²) >= 11 is 0. The topological polar surface area (TPSA) is 38.8 Å². The first-order valence-corrected chi connectivity index (χ1v) is 6.97. The van der Waals surface area contributed by atoms with Crippen molar-refractivity contribution in [1.82, 2.24) is 4.90 Å². The van der Waals surface area contributed by atoms with E-state index in [9.17, 15) is 4.79 Å². The Morgan fingerprint density at radius 2 is 2.00 bits per heavy atom. The van der Waals surface area contributed by atoms with Crippen LogP contribution in [-0.2, 0) is 10.5 Å². The van der Waals surface area contributed by atoms with Crippen LogP contribution in [0.2, 0.25) is 0 Å². The summed E-state index contributed by atoms with van der Waals surface area (Å²) in [6.07, 6.45) is 0. The normalized spacial score (nSPS) is 23.1. The highest BCUT2D eigenvalue weighted by Gasteiger charge is 2.55. The fourth-order valence-electron chi connectivity index (χ4n) is 3.31. The maximum Gasteiger partial charge on any atom is 0.257 e. The molecule has 106 valence electrons. The monoisotopic (exact) mass is 281 g/mol. The Morgan fingerprint density at radius 3 is 2.76 bits per heavy atom. The first-order valence-electron chi connectivity index (χ1n) is 6.97. The van der Waals surface area contributed by atoms with E-state index < -0.39 is 5.72 Å². The van der Waals surface area contributed by atoms with E-state index in [-0.39, 0.29) is 5.91 Å². The fraction of sp³-hybridized carbons (Fsp3) is 0.235. The van der Waals surface area contributed by atoms with Crippen LogP contribution in [0.5, 0.6) is 5.75 Å². The molecule has 0 aromatic heterocycles. The lowest BCUT2D eigenvalue weighted by molar-refractivity contribution is -0.0305. The van der Waals surface area contributed by atoms with Gasteiger partial charge in [-0.2, -0.15) is 0 Å². The first-order chi connectivity index (χ1) is 10.3. The molecule has 0 radical (unpaired) electrons. The van der Waals surface area contributed by atoms with Crippen molar-refractivity contribution < 1.29 is 14.3 Å². The number of nitrogens with zero attached hydrogens (tertiary/aromatic N) is 1. The van der Waals surface area contributed by atoms with Gasteiger partial charge in [0.05, 0.1) is 13.7 Å². The van der Waals surface area contributed by atoms with E-state index in [0.717, 1.165) is 16.9 Å². The Kier molecular flexibility index (Phi) is 2.56. The molecule has 2 aromatic rings. The maximum atomic E-state index is 12.7. The van der Waals surface area contributed by atoms with Crippen molar-refractivity contribution in [2.75, 3.05) is 20.3 Å². The van der Waals surface area contributed by atoms with Crippen LogP contribution in [0, 0.1) is 0 Å². The van der Waals surface area contributed by atoms with E-state index in [2.05, 4.69) is 0 Å². The summed E-state index contributed by atoms with van der Waals surface area (Å²) in [5.41, 5.74) is 1.74. The third-order valence-corrected chi connectivity index (χ3v) is 4.24. The minimum absolute atomic E-state index is 0.0222. The number of methoxy groups -OCH3 is 1. The molecule has 0 N–H and O–H groups in total. The molecular weight excluding hydrogens is 266 g/mol. The van der Waals surface area contributed by atoms with Crippen molar-refractivity contribution in [3.05, 3.63) is 65.2 Å². The van der Waals surface area contributed by atoms with Crippen molar-refractivity contribution in [1.29, 1.82) is 0 Å². The Hall–Kier alpha value is -2.33. The third-order valence-electron chi connectivity index (χ3n) is 4.24. The van der Waals surface area contributed by atoms with Gasteiger partial charge < -0.3 is 9.47 Å². The quantitative estimate of drug-likeness (QED) is 0.848. The van der Waals surface area contributed by atoms with E-state index in [1.807, 2.05) is 53.4 Å². The van der Waals surface area contributed by atoms with Crippen LogP contribution in [0.3, 0.4) is 0 Å². The summed E-state index contributed by atoms with van der Waals surface area (Å²) in [4.78, 5) is 14.5. The van der Waals surface area contributed by atoms with Gasteiger partial charge in [-0.3, -0.25) is 9.69 Å². The minimum atomic E-state index is -0.803. The summed E-state index contributed by atoms with van der Waals surface area (Å²) in [6.45, 7) is 1.14. The van der Waals surface area contributed by atoms with Gasteiger partial charge in [-0.1, -0.05) is 30.3 Å². The molecule has 1 amide bonds. The van der Waals surface area contributed by atoms with Crippen LogP contribution >= 0.6 is 0 Å². The summed E-state index contributed by atoms with van der Waals surface area (Å²) in [5, 5.41) is 0. The molecule has 2 aromatic carbocycles. The number of benzene rings is 2. The van der Waals surface area contributed by atoms with E-state index in [1.165, 1.54) is 0 Å². The number of fused-ring (bicyclic) bond motifs is 3. The molecule has 4 rings (SSSR count). The average Bonchev–Trinajstić information content (AvgIpc) is 3.08. The largest absolute Gasteiger partial charge is 0.497 e. The number of hydrogen-bond donors (Lipinski definition) is 0. The van der Waals surface area contributed by atoms with E-state index in [4.69, 9.17) is 9.47 Å². The molecule has 4 nitrogen and oxygen atoms in total. The number of amides is 1. The zero-order valence-electron chi connectivity index (χ0n) is 11.7. The van der Waals surface area contributed by atoms with Gasteiger partial charge in [0.1, 0.15) is 5.75 Å². The van der Waals surface area contributed by atoms with Gasteiger partial charge in [0.15, 0.2) is 5.72 Å². The van der Waals surface area contributed by atoms with Crippen LogP contribution in [0.4, 0.5) is 0 Å². The highest BCUT2D eigenvalue weighted by atomic mass is 16.5. The van der Waals surface area contributed by atoms with Crippen molar-refractivity contribution in [3.8, 4) is 5.75 Å². The van der Waals surface area contributed by atoms with Crippen LogP contribution in [-0.4, -0.2) is 31.1 Å². The highest BCUT2D eigenvalue weighted by Crippen LogP contribution is 2.48. The lowest BCUT2D eigenvalue weighted by Crippen LogP contribution is -2.40.